The second-order valence-corrected chi connectivity index (χ2v) is 5.07. The molecule has 4 aliphatic rings. The predicted octanol–water partition coefficient (Wildman–Crippen LogP) is 0.543. The Bertz CT molecular complexity index is 281. The first-order chi connectivity index (χ1) is 7.83. The molecule has 0 unspecified atom stereocenters. The smallest absolute Gasteiger partial charge is 0.167 e. The van der Waals surface area contributed by atoms with Gasteiger partial charge in [-0.05, 0) is 6.42 Å². The molecule has 3 aliphatic heterocycles. The minimum atomic E-state index is -0.132. The van der Waals surface area contributed by atoms with Gasteiger partial charge in [0.25, 0.3) is 0 Å². The lowest BCUT2D eigenvalue weighted by Crippen LogP contribution is -2.26. The highest BCUT2D eigenvalue weighted by Crippen LogP contribution is 2.61. The second-order valence-electron chi connectivity index (χ2n) is 5.07. The van der Waals surface area contributed by atoms with Crippen LogP contribution in [-0.2, 0) is 23.7 Å². The molecule has 0 amide bonds. The molecule has 5 heteroatoms. The van der Waals surface area contributed by atoms with E-state index in [1.165, 1.54) is 0 Å². The molecule has 1 aliphatic carbocycles. The van der Waals surface area contributed by atoms with Crippen LogP contribution in [0.5, 0.6) is 0 Å². The van der Waals surface area contributed by atoms with Gasteiger partial charge in [0.1, 0.15) is 0 Å². The lowest BCUT2D eigenvalue weighted by molar-refractivity contribution is -0.269. The summed E-state index contributed by atoms with van der Waals surface area (Å²) in [6, 6.07) is 0. The van der Waals surface area contributed by atoms with Crippen LogP contribution in [-0.4, -0.2) is 39.4 Å². The molecule has 8 atom stereocenters. The fourth-order valence-corrected chi connectivity index (χ4v) is 4.04. The zero-order valence-electron chi connectivity index (χ0n) is 9.37. The van der Waals surface area contributed by atoms with Gasteiger partial charge in [-0.2, -0.15) is 0 Å². The third-order valence-electron chi connectivity index (χ3n) is 4.57. The molecule has 0 spiro atoms. The molecule has 4 fully saturated rings. The van der Waals surface area contributed by atoms with Gasteiger partial charge in [-0.15, -0.1) is 0 Å². The van der Waals surface area contributed by atoms with E-state index in [-0.39, 0.29) is 25.2 Å². The molecule has 3 saturated heterocycles. The van der Waals surface area contributed by atoms with Crippen molar-refractivity contribution >= 4 is 0 Å². The van der Waals surface area contributed by atoms with Gasteiger partial charge in [0.05, 0.1) is 0 Å². The van der Waals surface area contributed by atoms with Gasteiger partial charge < -0.3 is 23.7 Å². The Morgan fingerprint density at radius 2 is 1.31 bits per heavy atom. The molecule has 16 heavy (non-hydrogen) atoms. The third-order valence-corrected chi connectivity index (χ3v) is 4.57. The van der Waals surface area contributed by atoms with Crippen molar-refractivity contribution in [2.45, 2.75) is 31.6 Å². The first-order valence-corrected chi connectivity index (χ1v) is 5.85. The average Bonchev–Trinajstić information content (AvgIpc) is 2.95. The molecule has 0 aromatic carbocycles. The summed E-state index contributed by atoms with van der Waals surface area (Å²) in [4.78, 5) is 0. The van der Waals surface area contributed by atoms with Crippen LogP contribution in [0.25, 0.3) is 0 Å². The zero-order valence-corrected chi connectivity index (χ0v) is 9.37. The van der Waals surface area contributed by atoms with Crippen LogP contribution in [0.2, 0.25) is 0 Å². The van der Waals surface area contributed by atoms with E-state index in [4.69, 9.17) is 23.7 Å². The van der Waals surface area contributed by atoms with Crippen LogP contribution in [0.3, 0.4) is 0 Å². The largest absolute Gasteiger partial charge is 0.355 e. The SMILES string of the molecule is CO[C@H]1O[C@@H]2O[C@@H]3O[C@@H](OC)[C@@H]4C[C@H]1[C@@H]2[C@H]34. The maximum Gasteiger partial charge on any atom is 0.167 e. The highest BCUT2D eigenvalue weighted by atomic mass is 16.8. The molecule has 4 rings (SSSR count). The lowest BCUT2D eigenvalue weighted by Gasteiger charge is -2.21. The number of methoxy groups -OCH3 is 2. The van der Waals surface area contributed by atoms with Gasteiger partial charge in [0, 0.05) is 37.9 Å². The molecule has 0 bridgehead atoms. The third kappa shape index (κ3) is 0.990. The molecule has 1 saturated carbocycles. The number of hydrogen-bond acceptors (Lipinski definition) is 5. The Hall–Kier alpha value is -0.200. The van der Waals surface area contributed by atoms with E-state index in [1.54, 1.807) is 14.2 Å². The molecule has 5 nitrogen and oxygen atoms in total. The second kappa shape index (κ2) is 3.17. The van der Waals surface area contributed by atoms with E-state index in [1.807, 2.05) is 0 Å². The predicted molar refractivity (Wildman–Crippen MR) is 51.0 cm³/mol. The van der Waals surface area contributed by atoms with E-state index < -0.39 is 0 Å². The van der Waals surface area contributed by atoms with Crippen molar-refractivity contribution in [1.82, 2.24) is 0 Å². The highest BCUT2D eigenvalue weighted by Gasteiger charge is 2.68. The van der Waals surface area contributed by atoms with Gasteiger partial charge in [0.2, 0.25) is 0 Å². The molecular weight excluding hydrogens is 212 g/mol. The van der Waals surface area contributed by atoms with Gasteiger partial charge in [0.15, 0.2) is 25.2 Å². The molecule has 90 valence electrons. The van der Waals surface area contributed by atoms with Crippen molar-refractivity contribution in [2.24, 2.45) is 23.7 Å². The van der Waals surface area contributed by atoms with Crippen LogP contribution >= 0.6 is 0 Å². The van der Waals surface area contributed by atoms with Crippen molar-refractivity contribution in [3.05, 3.63) is 0 Å². The maximum atomic E-state index is 5.77. The van der Waals surface area contributed by atoms with Crippen molar-refractivity contribution in [2.75, 3.05) is 14.2 Å². The topological polar surface area (TPSA) is 46.2 Å². The van der Waals surface area contributed by atoms with Gasteiger partial charge >= 0.3 is 0 Å². The Labute approximate surface area is 93.9 Å². The molecular formula is C11H16O5. The highest BCUT2D eigenvalue weighted by molar-refractivity contribution is 5.05. The van der Waals surface area contributed by atoms with Crippen LogP contribution in [0.4, 0.5) is 0 Å². The van der Waals surface area contributed by atoms with Gasteiger partial charge in [-0.1, -0.05) is 0 Å². The number of ether oxygens (including phenoxy) is 5. The maximum absolute atomic E-state index is 5.77. The van der Waals surface area contributed by atoms with Crippen LogP contribution in [0.15, 0.2) is 0 Å². The summed E-state index contributed by atoms with van der Waals surface area (Å²) < 4.78 is 28.0. The Kier molecular flexibility index (Phi) is 1.94. The van der Waals surface area contributed by atoms with Gasteiger partial charge in [-0.3, -0.25) is 0 Å². The van der Waals surface area contributed by atoms with E-state index in [0.29, 0.717) is 23.7 Å². The first-order valence-electron chi connectivity index (χ1n) is 5.85. The minimum absolute atomic E-state index is 0.112. The molecule has 0 aromatic rings. The first kappa shape index (κ1) is 9.79. The standard InChI is InChI=1S/C11H16O5/c1-12-8-4-3-5-7-6(4)10(14-8)16-11(7)15-9(5)13-2/h4-11H,3H2,1-2H3/t4-,5+,6-,7-,8-,9+,10+,11-/m1/s1. The lowest BCUT2D eigenvalue weighted by atomic mass is 9.90. The Morgan fingerprint density at radius 3 is 1.75 bits per heavy atom. The van der Waals surface area contributed by atoms with Gasteiger partial charge in [-0.25, -0.2) is 0 Å². The fraction of sp³-hybridized carbons (Fsp3) is 1.00. The summed E-state index contributed by atoms with van der Waals surface area (Å²) in [5.74, 6) is 1.74. The van der Waals surface area contributed by atoms with Crippen LogP contribution in [0, 0.1) is 23.7 Å². The Balaban J connectivity index is 1.66. The van der Waals surface area contributed by atoms with Crippen molar-refractivity contribution < 1.29 is 23.7 Å². The zero-order chi connectivity index (χ0) is 10.9. The number of hydrogen-bond donors (Lipinski definition) is 0. The van der Waals surface area contributed by atoms with Crippen molar-refractivity contribution in [3.8, 4) is 0 Å². The summed E-state index contributed by atoms with van der Waals surface area (Å²) in [7, 11) is 3.39. The normalized spacial score (nSPS) is 61.9. The average molecular weight is 228 g/mol. The molecule has 3 heterocycles. The summed E-state index contributed by atoms with van der Waals surface area (Å²) in [6.07, 6.45) is 0.571. The molecule has 0 radical (unpaired) electrons. The summed E-state index contributed by atoms with van der Waals surface area (Å²) in [5, 5.41) is 0. The monoisotopic (exact) mass is 228 g/mol. The quantitative estimate of drug-likeness (QED) is 0.690. The summed E-state index contributed by atoms with van der Waals surface area (Å²) in [6.45, 7) is 0. The molecule has 0 aromatic heterocycles. The van der Waals surface area contributed by atoms with E-state index >= 15 is 0 Å². The summed E-state index contributed by atoms with van der Waals surface area (Å²) in [5.41, 5.74) is 0. The van der Waals surface area contributed by atoms with Crippen molar-refractivity contribution in [1.29, 1.82) is 0 Å². The van der Waals surface area contributed by atoms with Crippen LogP contribution < -0.4 is 0 Å². The minimum Gasteiger partial charge on any atom is -0.355 e. The number of rotatable bonds is 2. The van der Waals surface area contributed by atoms with Crippen molar-refractivity contribution in [3.63, 3.8) is 0 Å². The fourth-order valence-electron chi connectivity index (χ4n) is 4.04. The van der Waals surface area contributed by atoms with E-state index in [9.17, 15) is 0 Å². The Morgan fingerprint density at radius 1 is 0.812 bits per heavy atom. The van der Waals surface area contributed by atoms with E-state index in [0.717, 1.165) is 6.42 Å². The molecule has 0 N–H and O–H groups in total. The van der Waals surface area contributed by atoms with Crippen LogP contribution in [0.1, 0.15) is 6.42 Å². The summed E-state index contributed by atoms with van der Waals surface area (Å²) >= 11 is 0. The van der Waals surface area contributed by atoms with E-state index in [2.05, 4.69) is 0 Å².